The zero-order valence-electron chi connectivity index (χ0n) is 11.1. The average Bonchev–Trinajstić information content (AvgIpc) is 2.48. The quantitative estimate of drug-likeness (QED) is 0.813. The van der Waals surface area contributed by atoms with Gasteiger partial charge in [-0.15, -0.1) is 0 Å². The van der Waals surface area contributed by atoms with Crippen LogP contribution < -0.4 is 14.8 Å². The van der Waals surface area contributed by atoms with Crippen molar-refractivity contribution in [3.05, 3.63) is 45.0 Å². The number of benzene rings is 1. The summed E-state index contributed by atoms with van der Waals surface area (Å²) in [6.07, 6.45) is 0. The summed E-state index contributed by atoms with van der Waals surface area (Å²) in [5.74, 6) is 2.30. The van der Waals surface area contributed by atoms with Crippen molar-refractivity contribution in [2.75, 3.05) is 19.5 Å². The smallest absolute Gasteiger partial charge is 0.135 e. The number of halogens is 2. The van der Waals surface area contributed by atoms with Crippen LogP contribution in [0.25, 0.3) is 0 Å². The minimum Gasteiger partial charge on any atom is -0.496 e. The number of ether oxygens (including phenoxy) is 2. The Morgan fingerprint density at radius 2 is 1.85 bits per heavy atom. The Morgan fingerprint density at radius 3 is 2.55 bits per heavy atom. The highest BCUT2D eigenvalue weighted by Gasteiger charge is 2.08. The van der Waals surface area contributed by atoms with Gasteiger partial charge in [0.1, 0.15) is 23.9 Å². The number of anilines is 1. The summed E-state index contributed by atoms with van der Waals surface area (Å²) in [6.45, 7) is 0.396. The summed E-state index contributed by atoms with van der Waals surface area (Å²) in [7, 11) is 3.46. The van der Waals surface area contributed by atoms with Gasteiger partial charge in [-0.3, -0.25) is 0 Å². The van der Waals surface area contributed by atoms with Gasteiger partial charge in [0.15, 0.2) is 0 Å². The largest absolute Gasteiger partial charge is 0.496 e. The summed E-state index contributed by atoms with van der Waals surface area (Å²) < 4.78 is 12.7. The Hall–Kier alpha value is -1.27. The molecule has 0 fully saturated rings. The maximum Gasteiger partial charge on any atom is 0.135 e. The minimum atomic E-state index is 0.396. The summed E-state index contributed by atoms with van der Waals surface area (Å²) in [4.78, 5) is 4.40. The molecule has 0 atom stereocenters. The van der Waals surface area contributed by atoms with Gasteiger partial charge in [0.2, 0.25) is 0 Å². The first kappa shape index (κ1) is 15.1. The molecular formula is C14H14Br2N2O2. The van der Waals surface area contributed by atoms with Crippen LogP contribution in [0.2, 0.25) is 0 Å². The van der Waals surface area contributed by atoms with Gasteiger partial charge in [-0.05, 0) is 56.1 Å². The van der Waals surface area contributed by atoms with Crippen LogP contribution >= 0.6 is 31.9 Å². The number of methoxy groups -OCH3 is 1. The van der Waals surface area contributed by atoms with Gasteiger partial charge in [-0.25, -0.2) is 4.98 Å². The van der Waals surface area contributed by atoms with E-state index >= 15 is 0 Å². The first-order valence-electron chi connectivity index (χ1n) is 5.93. The molecule has 1 N–H and O–H groups in total. The number of nitrogens with zero attached hydrogens (tertiary/aromatic N) is 1. The lowest BCUT2D eigenvalue weighted by Crippen LogP contribution is -2.01. The van der Waals surface area contributed by atoms with Crippen molar-refractivity contribution in [3.63, 3.8) is 0 Å². The van der Waals surface area contributed by atoms with Gasteiger partial charge < -0.3 is 14.8 Å². The molecule has 0 aliphatic rings. The van der Waals surface area contributed by atoms with Crippen LogP contribution in [0.15, 0.2) is 39.3 Å². The number of nitrogens with one attached hydrogen (secondary N) is 1. The molecule has 2 rings (SSSR count). The number of pyridine rings is 1. The van der Waals surface area contributed by atoms with Crippen molar-refractivity contribution in [3.8, 4) is 11.5 Å². The van der Waals surface area contributed by atoms with E-state index in [4.69, 9.17) is 9.47 Å². The van der Waals surface area contributed by atoms with Gasteiger partial charge in [0, 0.05) is 7.05 Å². The maximum absolute atomic E-state index is 5.78. The van der Waals surface area contributed by atoms with Crippen LogP contribution in [0.5, 0.6) is 11.5 Å². The van der Waals surface area contributed by atoms with E-state index in [0.717, 1.165) is 32.0 Å². The number of aromatic nitrogens is 1. The van der Waals surface area contributed by atoms with Gasteiger partial charge >= 0.3 is 0 Å². The Kier molecular flexibility index (Phi) is 5.25. The Balaban J connectivity index is 2.12. The summed E-state index contributed by atoms with van der Waals surface area (Å²) in [5.41, 5.74) is 0.857. The summed E-state index contributed by atoms with van der Waals surface area (Å²) >= 11 is 6.90. The fourth-order valence-electron chi connectivity index (χ4n) is 1.63. The predicted octanol–water partition coefficient (Wildman–Crippen LogP) is 4.24. The minimum absolute atomic E-state index is 0.396. The fourth-order valence-corrected chi connectivity index (χ4v) is 2.55. The van der Waals surface area contributed by atoms with Gasteiger partial charge in [-0.2, -0.15) is 0 Å². The molecule has 0 aliphatic carbocycles. The third-order valence-electron chi connectivity index (χ3n) is 2.64. The lowest BCUT2D eigenvalue weighted by Gasteiger charge is -2.11. The van der Waals surface area contributed by atoms with Crippen molar-refractivity contribution < 1.29 is 9.47 Å². The maximum atomic E-state index is 5.78. The molecule has 2 aromatic rings. The van der Waals surface area contributed by atoms with E-state index in [1.807, 2.05) is 37.4 Å². The molecule has 0 spiro atoms. The first-order valence-corrected chi connectivity index (χ1v) is 7.52. The molecule has 1 aromatic heterocycles. The molecule has 0 radical (unpaired) electrons. The number of hydrogen-bond donors (Lipinski definition) is 1. The van der Waals surface area contributed by atoms with Crippen molar-refractivity contribution >= 4 is 37.7 Å². The molecule has 4 nitrogen and oxygen atoms in total. The van der Waals surface area contributed by atoms with Crippen molar-refractivity contribution in [2.24, 2.45) is 0 Å². The van der Waals surface area contributed by atoms with Crippen molar-refractivity contribution in [2.45, 2.75) is 6.61 Å². The molecule has 0 bridgehead atoms. The van der Waals surface area contributed by atoms with Crippen LogP contribution in [0.3, 0.4) is 0 Å². The molecule has 0 amide bonds. The van der Waals surface area contributed by atoms with Gasteiger partial charge in [0.25, 0.3) is 0 Å². The van der Waals surface area contributed by atoms with E-state index in [2.05, 4.69) is 42.2 Å². The van der Waals surface area contributed by atoms with Crippen LogP contribution in [-0.4, -0.2) is 19.1 Å². The van der Waals surface area contributed by atoms with E-state index in [1.165, 1.54) is 0 Å². The predicted molar refractivity (Wildman–Crippen MR) is 86.5 cm³/mol. The first-order chi connectivity index (χ1) is 9.63. The Labute approximate surface area is 134 Å². The molecular weight excluding hydrogens is 388 g/mol. The zero-order chi connectivity index (χ0) is 14.5. The molecule has 0 unspecified atom stereocenters. The average molecular weight is 402 g/mol. The second kappa shape index (κ2) is 6.95. The third-order valence-corrected chi connectivity index (χ3v) is 3.88. The molecule has 1 heterocycles. The summed E-state index contributed by atoms with van der Waals surface area (Å²) in [6, 6.07) is 9.49. The second-order valence-electron chi connectivity index (χ2n) is 3.97. The van der Waals surface area contributed by atoms with Crippen molar-refractivity contribution in [1.82, 2.24) is 4.98 Å². The monoisotopic (exact) mass is 400 g/mol. The zero-order valence-corrected chi connectivity index (χ0v) is 14.3. The number of hydrogen-bond acceptors (Lipinski definition) is 4. The fraction of sp³-hybridized carbons (Fsp3) is 0.214. The SMILES string of the molecule is CNc1cccc(COc2cc(Br)c(OC)cc2Br)n1. The summed E-state index contributed by atoms with van der Waals surface area (Å²) in [5, 5.41) is 3.00. The molecule has 1 aromatic carbocycles. The standard InChI is InChI=1S/C14H14Br2N2O2/c1-17-14-5-3-4-9(18-14)8-20-13-7-10(15)12(19-2)6-11(13)16/h3-7H,8H2,1-2H3,(H,17,18). The van der Waals surface area contributed by atoms with E-state index < -0.39 is 0 Å². The van der Waals surface area contributed by atoms with Crippen molar-refractivity contribution in [1.29, 1.82) is 0 Å². The second-order valence-corrected chi connectivity index (χ2v) is 5.68. The lowest BCUT2D eigenvalue weighted by molar-refractivity contribution is 0.298. The van der Waals surface area contributed by atoms with E-state index in [9.17, 15) is 0 Å². The van der Waals surface area contributed by atoms with Crippen LogP contribution in [0, 0.1) is 0 Å². The third kappa shape index (κ3) is 3.64. The topological polar surface area (TPSA) is 43.4 Å². The highest BCUT2D eigenvalue weighted by Crippen LogP contribution is 2.36. The molecule has 0 saturated heterocycles. The molecule has 106 valence electrons. The van der Waals surface area contributed by atoms with Gasteiger partial charge in [-0.1, -0.05) is 6.07 Å². The van der Waals surface area contributed by atoms with E-state index in [0.29, 0.717) is 6.61 Å². The highest BCUT2D eigenvalue weighted by atomic mass is 79.9. The molecule has 0 saturated carbocycles. The number of rotatable bonds is 5. The van der Waals surface area contributed by atoms with Crippen LogP contribution in [0.1, 0.15) is 5.69 Å². The molecule has 6 heteroatoms. The van der Waals surface area contributed by atoms with E-state index in [1.54, 1.807) is 7.11 Å². The normalized spacial score (nSPS) is 10.2. The van der Waals surface area contributed by atoms with Crippen LogP contribution in [0.4, 0.5) is 5.82 Å². The van der Waals surface area contributed by atoms with Crippen LogP contribution in [-0.2, 0) is 6.61 Å². The Morgan fingerprint density at radius 1 is 1.15 bits per heavy atom. The molecule has 20 heavy (non-hydrogen) atoms. The molecule has 0 aliphatic heterocycles. The highest BCUT2D eigenvalue weighted by molar-refractivity contribution is 9.11. The van der Waals surface area contributed by atoms with Gasteiger partial charge in [0.05, 0.1) is 21.7 Å². The lowest BCUT2D eigenvalue weighted by atomic mass is 10.3. The Bertz CT molecular complexity index is 606. The van der Waals surface area contributed by atoms with E-state index in [-0.39, 0.29) is 0 Å².